The normalized spacial score (nSPS) is 21.5. The average molecular weight is 341 g/mol. The molecule has 0 aliphatic carbocycles. The van der Waals surface area contributed by atoms with Gasteiger partial charge in [-0.05, 0) is 41.4 Å². The maximum absolute atomic E-state index is 11.9. The van der Waals surface area contributed by atoms with Gasteiger partial charge in [-0.15, -0.1) is 0 Å². The van der Waals surface area contributed by atoms with E-state index in [0.717, 1.165) is 4.47 Å². The van der Waals surface area contributed by atoms with Gasteiger partial charge in [0.25, 0.3) is 0 Å². The number of hydrogen-bond acceptors (Lipinski definition) is 3. The number of hydrogen-bond donors (Lipinski definition) is 2. The summed E-state index contributed by atoms with van der Waals surface area (Å²) in [7, 11) is 0. The van der Waals surface area contributed by atoms with Crippen LogP contribution in [0.25, 0.3) is 0 Å². The Labute approximate surface area is 126 Å². The minimum atomic E-state index is -0.253. The summed E-state index contributed by atoms with van der Waals surface area (Å²) in [6, 6.07) is 7.32. The summed E-state index contributed by atoms with van der Waals surface area (Å²) in [6.45, 7) is 2.43. The molecule has 0 radical (unpaired) electrons. The monoisotopic (exact) mass is 340 g/mol. The van der Waals surface area contributed by atoms with Crippen molar-refractivity contribution in [3.63, 3.8) is 0 Å². The van der Waals surface area contributed by atoms with Crippen LogP contribution in [-0.4, -0.2) is 31.1 Å². The van der Waals surface area contributed by atoms with Crippen molar-refractivity contribution >= 4 is 33.4 Å². The molecule has 0 saturated carbocycles. The maximum Gasteiger partial charge on any atom is 0.243 e. The number of carbonyl (C=O) groups excluding carboxylic acids is 2. The molecule has 0 aromatic heterocycles. The standard InChI is InChI=1S/C14H17BrN2O3/c1-9-10(6-7-20-9)14(19)16-8-13(18)17-12-5-3-2-4-11(12)15/h2-5,9-10H,6-8H2,1H3,(H,16,19)(H,17,18)/t9-,10-/m0/s1. The first kappa shape index (κ1) is 15.0. The highest BCUT2D eigenvalue weighted by atomic mass is 79.9. The van der Waals surface area contributed by atoms with Crippen LogP contribution >= 0.6 is 15.9 Å². The van der Waals surface area contributed by atoms with Gasteiger partial charge in [-0.2, -0.15) is 0 Å². The second-order valence-electron chi connectivity index (χ2n) is 4.72. The van der Waals surface area contributed by atoms with Gasteiger partial charge in [0.15, 0.2) is 0 Å². The summed E-state index contributed by atoms with van der Waals surface area (Å²) in [5, 5.41) is 5.38. The molecule has 0 spiro atoms. The molecule has 1 aliphatic heterocycles. The number of carbonyl (C=O) groups is 2. The molecule has 1 fully saturated rings. The highest BCUT2D eigenvalue weighted by molar-refractivity contribution is 9.10. The van der Waals surface area contributed by atoms with Gasteiger partial charge in [-0.1, -0.05) is 12.1 Å². The molecule has 1 heterocycles. The molecule has 6 heteroatoms. The molecule has 2 N–H and O–H groups in total. The summed E-state index contributed by atoms with van der Waals surface area (Å²) < 4.78 is 6.14. The van der Waals surface area contributed by atoms with Crippen LogP contribution in [0.5, 0.6) is 0 Å². The van der Waals surface area contributed by atoms with E-state index in [1.165, 1.54) is 0 Å². The van der Waals surface area contributed by atoms with Gasteiger partial charge in [0.1, 0.15) is 0 Å². The zero-order valence-corrected chi connectivity index (χ0v) is 12.8. The highest BCUT2D eigenvalue weighted by Crippen LogP contribution is 2.21. The van der Waals surface area contributed by atoms with E-state index in [1.54, 1.807) is 6.07 Å². The third-order valence-electron chi connectivity index (χ3n) is 3.28. The van der Waals surface area contributed by atoms with Gasteiger partial charge in [-0.25, -0.2) is 0 Å². The second-order valence-corrected chi connectivity index (χ2v) is 5.57. The van der Waals surface area contributed by atoms with Crippen LogP contribution in [0.1, 0.15) is 13.3 Å². The highest BCUT2D eigenvalue weighted by Gasteiger charge is 2.30. The number of para-hydroxylation sites is 1. The maximum atomic E-state index is 11.9. The van der Waals surface area contributed by atoms with Gasteiger partial charge < -0.3 is 15.4 Å². The first-order valence-electron chi connectivity index (χ1n) is 6.51. The number of amides is 2. The predicted molar refractivity (Wildman–Crippen MR) is 79.3 cm³/mol. The molecule has 2 rings (SSSR count). The SMILES string of the molecule is C[C@@H]1OCC[C@@H]1C(=O)NCC(=O)Nc1ccccc1Br. The molecule has 108 valence electrons. The van der Waals surface area contributed by atoms with Crippen LogP contribution < -0.4 is 10.6 Å². The molecule has 0 unspecified atom stereocenters. The third kappa shape index (κ3) is 3.80. The third-order valence-corrected chi connectivity index (χ3v) is 3.98. The predicted octanol–water partition coefficient (Wildman–Crippen LogP) is 1.93. The van der Waals surface area contributed by atoms with E-state index in [-0.39, 0.29) is 30.4 Å². The van der Waals surface area contributed by atoms with Crippen molar-refractivity contribution in [2.45, 2.75) is 19.4 Å². The summed E-state index contributed by atoms with van der Waals surface area (Å²) in [5.74, 6) is -0.541. The van der Waals surface area contributed by atoms with Gasteiger partial charge in [0.05, 0.1) is 24.3 Å². The molecular weight excluding hydrogens is 324 g/mol. The fraction of sp³-hybridized carbons (Fsp3) is 0.429. The summed E-state index contributed by atoms with van der Waals surface area (Å²) in [5.41, 5.74) is 0.685. The van der Waals surface area contributed by atoms with Crippen molar-refractivity contribution in [1.29, 1.82) is 0 Å². The molecular formula is C14H17BrN2O3. The molecule has 1 aromatic rings. The van der Waals surface area contributed by atoms with Crippen molar-refractivity contribution in [3.8, 4) is 0 Å². The fourth-order valence-corrected chi connectivity index (χ4v) is 2.52. The summed E-state index contributed by atoms with van der Waals surface area (Å²) >= 11 is 3.35. The van der Waals surface area contributed by atoms with E-state index < -0.39 is 0 Å². The minimum Gasteiger partial charge on any atom is -0.378 e. The molecule has 5 nitrogen and oxygen atoms in total. The quantitative estimate of drug-likeness (QED) is 0.879. The number of nitrogens with one attached hydrogen (secondary N) is 2. The van der Waals surface area contributed by atoms with Gasteiger partial charge >= 0.3 is 0 Å². The molecule has 1 aromatic carbocycles. The Morgan fingerprint density at radius 3 is 2.80 bits per heavy atom. The first-order valence-corrected chi connectivity index (χ1v) is 7.31. The van der Waals surface area contributed by atoms with Crippen LogP contribution in [0.15, 0.2) is 28.7 Å². The van der Waals surface area contributed by atoms with Crippen molar-refractivity contribution in [2.24, 2.45) is 5.92 Å². The Bertz CT molecular complexity index is 507. The fourth-order valence-electron chi connectivity index (χ4n) is 2.13. The lowest BCUT2D eigenvalue weighted by Crippen LogP contribution is -2.38. The van der Waals surface area contributed by atoms with E-state index >= 15 is 0 Å². The number of rotatable bonds is 4. The molecule has 2 atom stereocenters. The lowest BCUT2D eigenvalue weighted by atomic mass is 10.0. The largest absolute Gasteiger partial charge is 0.378 e. The number of anilines is 1. The van der Waals surface area contributed by atoms with E-state index in [9.17, 15) is 9.59 Å². The molecule has 2 amide bonds. The topological polar surface area (TPSA) is 67.4 Å². The Kier molecular flexibility index (Phi) is 5.14. The lowest BCUT2D eigenvalue weighted by molar-refractivity contribution is -0.128. The molecule has 0 bridgehead atoms. The van der Waals surface area contributed by atoms with Crippen molar-refractivity contribution in [2.75, 3.05) is 18.5 Å². The van der Waals surface area contributed by atoms with Crippen LogP contribution in [0, 0.1) is 5.92 Å². The number of ether oxygens (including phenoxy) is 1. The first-order chi connectivity index (χ1) is 9.58. The summed E-state index contributed by atoms with van der Waals surface area (Å²) in [6.07, 6.45) is 0.625. The van der Waals surface area contributed by atoms with Crippen molar-refractivity contribution in [1.82, 2.24) is 5.32 Å². The molecule has 1 aliphatic rings. The van der Waals surface area contributed by atoms with Gasteiger partial charge in [-0.3, -0.25) is 9.59 Å². The summed E-state index contributed by atoms with van der Waals surface area (Å²) in [4.78, 5) is 23.7. The number of benzene rings is 1. The Hall–Kier alpha value is -1.40. The molecule has 20 heavy (non-hydrogen) atoms. The Balaban J connectivity index is 1.81. The van der Waals surface area contributed by atoms with Crippen molar-refractivity contribution in [3.05, 3.63) is 28.7 Å². The Morgan fingerprint density at radius 2 is 2.15 bits per heavy atom. The smallest absolute Gasteiger partial charge is 0.243 e. The van der Waals surface area contributed by atoms with E-state index in [1.807, 2.05) is 25.1 Å². The van der Waals surface area contributed by atoms with E-state index in [2.05, 4.69) is 26.6 Å². The van der Waals surface area contributed by atoms with Gasteiger partial charge in [0, 0.05) is 11.1 Å². The number of halogens is 1. The van der Waals surface area contributed by atoms with Crippen LogP contribution in [0.4, 0.5) is 5.69 Å². The zero-order valence-electron chi connectivity index (χ0n) is 11.2. The Morgan fingerprint density at radius 1 is 1.40 bits per heavy atom. The average Bonchev–Trinajstić information content (AvgIpc) is 2.85. The van der Waals surface area contributed by atoms with Crippen molar-refractivity contribution < 1.29 is 14.3 Å². The minimum absolute atomic E-state index is 0.0383. The second kappa shape index (κ2) is 6.85. The van der Waals surface area contributed by atoms with Gasteiger partial charge in [0.2, 0.25) is 11.8 Å². The van der Waals surface area contributed by atoms with Crippen LogP contribution in [0.3, 0.4) is 0 Å². The zero-order chi connectivity index (χ0) is 14.5. The van der Waals surface area contributed by atoms with Crippen LogP contribution in [-0.2, 0) is 14.3 Å². The van der Waals surface area contributed by atoms with E-state index in [4.69, 9.17) is 4.74 Å². The van der Waals surface area contributed by atoms with E-state index in [0.29, 0.717) is 18.7 Å². The molecule has 1 saturated heterocycles. The van der Waals surface area contributed by atoms with Crippen LogP contribution in [0.2, 0.25) is 0 Å². The lowest BCUT2D eigenvalue weighted by Gasteiger charge is -2.14.